The molecular formula is C17H19ClN4O3. The Morgan fingerprint density at radius 3 is 2.48 bits per heavy atom. The van der Waals surface area contributed by atoms with Crippen molar-refractivity contribution < 1.29 is 14.7 Å². The van der Waals surface area contributed by atoms with E-state index in [1.807, 2.05) is 19.1 Å². The molecule has 8 heteroatoms. The van der Waals surface area contributed by atoms with Gasteiger partial charge in [-0.25, -0.2) is 9.48 Å². The second kappa shape index (κ2) is 7.14. The smallest absolute Gasteiger partial charge is 0.321 e. The number of piperidine rings is 1. The molecule has 25 heavy (non-hydrogen) atoms. The van der Waals surface area contributed by atoms with Gasteiger partial charge >= 0.3 is 12.0 Å². The van der Waals surface area contributed by atoms with E-state index >= 15 is 0 Å². The molecule has 0 radical (unpaired) electrons. The molecule has 7 nitrogen and oxygen atoms in total. The van der Waals surface area contributed by atoms with Crippen LogP contribution in [0, 0.1) is 12.8 Å². The summed E-state index contributed by atoms with van der Waals surface area (Å²) in [6, 6.07) is 7.03. The highest BCUT2D eigenvalue weighted by atomic mass is 35.5. The van der Waals surface area contributed by atoms with Crippen molar-refractivity contribution in [2.24, 2.45) is 5.92 Å². The number of aromatic nitrogens is 2. The first-order chi connectivity index (χ1) is 12.0. The summed E-state index contributed by atoms with van der Waals surface area (Å²) in [5.74, 6) is -1.15. The minimum absolute atomic E-state index is 0.234. The highest BCUT2D eigenvalue weighted by Gasteiger charge is 2.27. The fourth-order valence-corrected chi connectivity index (χ4v) is 3.02. The minimum Gasteiger partial charge on any atom is -0.481 e. The molecule has 1 fully saturated rings. The zero-order valence-electron chi connectivity index (χ0n) is 13.8. The second-order valence-electron chi connectivity index (χ2n) is 6.06. The monoisotopic (exact) mass is 362 g/mol. The lowest BCUT2D eigenvalue weighted by molar-refractivity contribution is -0.143. The molecule has 2 N–H and O–H groups in total. The summed E-state index contributed by atoms with van der Waals surface area (Å²) in [7, 11) is 0. The Labute approximate surface area is 150 Å². The van der Waals surface area contributed by atoms with E-state index in [0.29, 0.717) is 36.6 Å². The Morgan fingerprint density at radius 1 is 1.24 bits per heavy atom. The number of rotatable bonds is 3. The second-order valence-corrected chi connectivity index (χ2v) is 6.50. The van der Waals surface area contributed by atoms with Crippen molar-refractivity contribution in [3.63, 3.8) is 0 Å². The number of hydrogen-bond acceptors (Lipinski definition) is 3. The number of halogens is 1. The van der Waals surface area contributed by atoms with E-state index < -0.39 is 5.97 Å². The Hall–Kier alpha value is -2.54. The zero-order chi connectivity index (χ0) is 18.0. The number of amides is 2. The molecule has 0 aliphatic carbocycles. The van der Waals surface area contributed by atoms with Gasteiger partial charge in [0.2, 0.25) is 0 Å². The van der Waals surface area contributed by atoms with Gasteiger partial charge in [0.1, 0.15) is 0 Å². The number of carbonyl (C=O) groups excluding carboxylic acids is 1. The molecule has 0 spiro atoms. The summed E-state index contributed by atoms with van der Waals surface area (Å²) in [5, 5.41) is 16.8. The van der Waals surface area contributed by atoms with E-state index in [4.69, 9.17) is 16.7 Å². The number of urea groups is 1. The van der Waals surface area contributed by atoms with E-state index in [1.54, 1.807) is 27.9 Å². The van der Waals surface area contributed by atoms with Crippen molar-refractivity contribution in [2.75, 3.05) is 18.4 Å². The molecule has 2 amide bonds. The molecular weight excluding hydrogens is 344 g/mol. The van der Waals surface area contributed by atoms with Crippen LogP contribution in [-0.4, -0.2) is 44.9 Å². The summed E-state index contributed by atoms with van der Waals surface area (Å²) in [5.41, 5.74) is 2.28. The third-order valence-corrected chi connectivity index (χ3v) is 4.71. The Balaban J connectivity index is 1.67. The molecule has 1 aromatic heterocycles. The first kappa shape index (κ1) is 17.3. The summed E-state index contributed by atoms with van der Waals surface area (Å²) in [6.45, 7) is 2.74. The molecule has 0 bridgehead atoms. The first-order valence-electron chi connectivity index (χ1n) is 8.05. The van der Waals surface area contributed by atoms with Crippen molar-refractivity contribution in [1.82, 2.24) is 14.7 Å². The van der Waals surface area contributed by atoms with Crippen LogP contribution in [0.4, 0.5) is 10.5 Å². The zero-order valence-corrected chi connectivity index (χ0v) is 14.5. The lowest BCUT2D eigenvalue weighted by Crippen LogP contribution is -2.42. The molecule has 2 aromatic rings. The maximum absolute atomic E-state index is 12.4. The van der Waals surface area contributed by atoms with Crippen LogP contribution in [0.25, 0.3) is 5.69 Å². The van der Waals surface area contributed by atoms with Crippen molar-refractivity contribution in [3.05, 3.63) is 41.2 Å². The van der Waals surface area contributed by atoms with E-state index in [1.165, 1.54) is 0 Å². The summed E-state index contributed by atoms with van der Waals surface area (Å²) >= 11 is 5.90. The maximum Gasteiger partial charge on any atom is 0.321 e. The van der Waals surface area contributed by atoms with Crippen molar-refractivity contribution >= 4 is 29.3 Å². The van der Waals surface area contributed by atoms with Crippen LogP contribution in [0.3, 0.4) is 0 Å². The third-order valence-electron chi connectivity index (χ3n) is 4.45. The number of benzene rings is 1. The van der Waals surface area contributed by atoms with Crippen LogP contribution in [-0.2, 0) is 4.79 Å². The predicted molar refractivity (Wildman–Crippen MR) is 94.3 cm³/mol. The molecule has 1 aliphatic rings. The number of aliphatic carboxylic acids is 1. The van der Waals surface area contributed by atoms with E-state index in [0.717, 1.165) is 11.4 Å². The van der Waals surface area contributed by atoms with Crippen LogP contribution in [0.5, 0.6) is 0 Å². The quantitative estimate of drug-likeness (QED) is 0.877. The molecule has 3 rings (SSSR count). The van der Waals surface area contributed by atoms with Crippen LogP contribution >= 0.6 is 11.6 Å². The van der Waals surface area contributed by atoms with Crippen LogP contribution in [0.2, 0.25) is 5.02 Å². The van der Waals surface area contributed by atoms with E-state index in [9.17, 15) is 9.59 Å². The van der Waals surface area contributed by atoms with Crippen LogP contribution < -0.4 is 5.32 Å². The number of anilines is 1. The standard InChI is InChI=1S/C17H19ClN4O3/c1-11-15(10-19-22(11)14-4-2-13(18)3-5-14)20-17(25)21-8-6-12(7-9-21)16(23)24/h2-5,10,12H,6-9H2,1H3,(H,20,25)(H,23,24). The average molecular weight is 363 g/mol. The van der Waals surface area contributed by atoms with Crippen LogP contribution in [0.1, 0.15) is 18.5 Å². The normalized spacial score (nSPS) is 15.2. The summed E-state index contributed by atoms with van der Waals surface area (Å²) < 4.78 is 1.72. The molecule has 132 valence electrons. The highest BCUT2D eigenvalue weighted by Crippen LogP contribution is 2.22. The minimum atomic E-state index is -0.792. The molecule has 0 saturated carbocycles. The van der Waals surface area contributed by atoms with Gasteiger partial charge in [0.15, 0.2) is 0 Å². The van der Waals surface area contributed by atoms with Gasteiger partial charge in [-0.05, 0) is 44.0 Å². The van der Waals surface area contributed by atoms with Gasteiger partial charge in [0.05, 0.1) is 29.2 Å². The van der Waals surface area contributed by atoms with Gasteiger partial charge < -0.3 is 15.3 Å². The first-order valence-corrected chi connectivity index (χ1v) is 8.43. The van der Waals surface area contributed by atoms with Gasteiger partial charge in [-0.1, -0.05) is 11.6 Å². The number of carboxylic acid groups (broad SMARTS) is 1. The largest absolute Gasteiger partial charge is 0.481 e. The van der Waals surface area contributed by atoms with Crippen molar-refractivity contribution in [2.45, 2.75) is 19.8 Å². The topological polar surface area (TPSA) is 87.5 Å². The molecule has 1 saturated heterocycles. The number of nitrogens with one attached hydrogen (secondary N) is 1. The van der Waals surface area contributed by atoms with E-state index in [2.05, 4.69) is 10.4 Å². The highest BCUT2D eigenvalue weighted by molar-refractivity contribution is 6.30. The van der Waals surface area contributed by atoms with Crippen LogP contribution in [0.15, 0.2) is 30.5 Å². The Morgan fingerprint density at radius 2 is 1.88 bits per heavy atom. The molecule has 0 unspecified atom stereocenters. The molecule has 2 heterocycles. The third kappa shape index (κ3) is 3.76. The van der Waals surface area contributed by atoms with Gasteiger partial charge in [-0.2, -0.15) is 5.10 Å². The average Bonchev–Trinajstić information content (AvgIpc) is 2.96. The SMILES string of the molecule is Cc1c(NC(=O)N2CCC(C(=O)O)CC2)cnn1-c1ccc(Cl)cc1. The molecule has 1 aromatic carbocycles. The number of hydrogen-bond donors (Lipinski definition) is 2. The lowest BCUT2D eigenvalue weighted by atomic mass is 9.97. The maximum atomic E-state index is 12.4. The number of nitrogens with zero attached hydrogens (tertiary/aromatic N) is 3. The molecule has 0 atom stereocenters. The fraction of sp³-hybridized carbons (Fsp3) is 0.353. The summed E-state index contributed by atoms with van der Waals surface area (Å²) in [6.07, 6.45) is 2.56. The fourth-order valence-electron chi connectivity index (χ4n) is 2.90. The van der Waals surface area contributed by atoms with Gasteiger partial charge in [0.25, 0.3) is 0 Å². The van der Waals surface area contributed by atoms with Gasteiger partial charge in [-0.3, -0.25) is 4.79 Å². The Bertz CT molecular complexity index is 780. The number of likely N-dealkylation sites (tertiary alicyclic amines) is 1. The van der Waals surface area contributed by atoms with Gasteiger partial charge in [-0.15, -0.1) is 0 Å². The number of carboxylic acids is 1. The number of carbonyl (C=O) groups is 2. The van der Waals surface area contributed by atoms with Crippen molar-refractivity contribution in [1.29, 1.82) is 0 Å². The Kier molecular flexibility index (Phi) is 4.94. The van der Waals surface area contributed by atoms with Crippen molar-refractivity contribution in [3.8, 4) is 5.69 Å². The van der Waals surface area contributed by atoms with E-state index in [-0.39, 0.29) is 11.9 Å². The van der Waals surface area contributed by atoms with Gasteiger partial charge in [0, 0.05) is 18.1 Å². The summed E-state index contributed by atoms with van der Waals surface area (Å²) in [4.78, 5) is 25.0. The lowest BCUT2D eigenvalue weighted by Gasteiger charge is -2.30. The predicted octanol–water partition coefficient (Wildman–Crippen LogP) is 3.16. The molecule has 1 aliphatic heterocycles.